The van der Waals surface area contributed by atoms with Gasteiger partial charge in [-0.25, -0.2) is 5.43 Å². The Balaban J connectivity index is 1.70. The molecule has 2 aromatic carbocycles. The van der Waals surface area contributed by atoms with Crippen LogP contribution in [0.25, 0.3) is 10.9 Å². The third-order valence-electron chi connectivity index (χ3n) is 5.03. The number of hydrogen-bond donors (Lipinski definition) is 2. The lowest BCUT2D eigenvalue weighted by atomic mass is 10.1. The smallest absolute Gasteiger partial charge is 0.277 e. The molecule has 1 aromatic heterocycles. The first-order valence-corrected chi connectivity index (χ1v) is 10.3. The van der Waals surface area contributed by atoms with Crippen LogP contribution in [0.5, 0.6) is 0 Å². The lowest BCUT2D eigenvalue weighted by molar-refractivity contribution is -0.394. The molecular formula is C22H22N6O6. The first-order valence-electron chi connectivity index (χ1n) is 10.3. The fourth-order valence-electron chi connectivity index (χ4n) is 3.31. The van der Waals surface area contributed by atoms with Gasteiger partial charge in [-0.2, -0.15) is 5.10 Å². The highest BCUT2D eigenvalue weighted by atomic mass is 16.6. The molecule has 12 nitrogen and oxygen atoms in total. The molecule has 3 rings (SSSR count). The zero-order valence-electron chi connectivity index (χ0n) is 18.6. The average molecular weight is 466 g/mol. The molecule has 1 atom stereocenters. The number of nitrogens with zero attached hydrogens (tertiary/aromatic N) is 4. The Hall–Kier alpha value is -4.61. The zero-order valence-corrected chi connectivity index (χ0v) is 18.6. The first kappa shape index (κ1) is 24.0. The summed E-state index contributed by atoms with van der Waals surface area (Å²) >= 11 is 0. The quantitative estimate of drug-likeness (QED) is 0.294. The molecule has 0 unspecified atom stereocenters. The molecule has 0 spiro atoms. The summed E-state index contributed by atoms with van der Waals surface area (Å²) in [7, 11) is 0. The van der Waals surface area contributed by atoms with Crippen molar-refractivity contribution in [3.8, 4) is 0 Å². The molecule has 1 heterocycles. The molecule has 2 amide bonds. The van der Waals surface area contributed by atoms with Crippen molar-refractivity contribution in [2.45, 2.75) is 32.9 Å². The fourth-order valence-corrected chi connectivity index (χ4v) is 3.31. The van der Waals surface area contributed by atoms with Gasteiger partial charge >= 0.3 is 0 Å². The van der Waals surface area contributed by atoms with E-state index in [1.807, 2.05) is 30.5 Å². The number of benzene rings is 2. The van der Waals surface area contributed by atoms with Gasteiger partial charge in [-0.3, -0.25) is 29.8 Å². The van der Waals surface area contributed by atoms with Crippen molar-refractivity contribution < 1.29 is 19.4 Å². The van der Waals surface area contributed by atoms with Crippen LogP contribution in [-0.4, -0.2) is 38.5 Å². The Morgan fingerprint density at radius 3 is 2.24 bits per heavy atom. The predicted octanol–water partition coefficient (Wildman–Crippen LogP) is 3.31. The van der Waals surface area contributed by atoms with E-state index in [1.165, 1.54) is 13.1 Å². The number of hydrogen-bond acceptors (Lipinski definition) is 7. The summed E-state index contributed by atoms with van der Waals surface area (Å²) in [6, 6.07) is 9.47. The van der Waals surface area contributed by atoms with Crippen LogP contribution >= 0.6 is 0 Å². The molecular weight excluding hydrogens is 444 g/mol. The number of para-hydroxylation sites is 1. The van der Waals surface area contributed by atoms with E-state index in [-0.39, 0.29) is 11.6 Å². The number of hydrazone groups is 1. The summed E-state index contributed by atoms with van der Waals surface area (Å²) in [6.07, 6.45) is 3.42. The van der Waals surface area contributed by atoms with Crippen LogP contribution < -0.4 is 10.7 Å². The lowest BCUT2D eigenvalue weighted by Crippen LogP contribution is -2.43. The Morgan fingerprint density at radius 2 is 1.65 bits per heavy atom. The van der Waals surface area contributed by atoms with Gasteiger partial charge in [0, 0.05) is 40.8 Å². The molecule has 0 aliphatic heterocycles. The van der Waals surface area contributed by atoms with Gasteiger partial charge in [-0.15, -0.1) is 0 Å². The van der Waals surface area contributed by atoms with Gasteiger partial charge in [-0.05, 0) is 26.8 Å². The van der Waals surface area contributed by atoms with Gasteiger partial charge in [0.15, 0.2) is 0 Å². The highest BCUT2D eigenvalue weighted by Crippen LogP contribution is 2.24. The van der Waals surface area contributed by atoms with E-state index in [0.717, 1.165) is 34.7 Å². The summed E-state index contributed by atoms with van der Waals surface area (Å²) in [5.74, 6) is -1.52. The Morgan fingerprint density at radius 1 is 1.03 bits per heavy atom. The fraction of sp³-hybridized carbons (Fsp3) is 0.227. The largest absolute Gasteiger partial charge is 0.344 e. The Labute approximate surface area is 193 Å². The van der Waals surface area contributed by atoms with Crippen molar-refractivity contribution in [1.29, 1.82) is 0 Å². The number of nitro benzene ring substituents is 2. The SMILES string of the molecule is CC(C)n1cc(/C=N\NC(=O)[C@H](C)NC(=O)c2cc([N+](=O)[O-])cc([N+](=O)[O-])c2)c2ccccc21. The number of carbonyl (C=O) groups is 2. The summed E-state index contributed by atoms with van der Waals surface area (Å²) in [5, 5.41) is 29.3. The lowest BCUT2D eigenvalue weighted by Gasteiger charge is -2.12. The van der Waals surface area contributed by atoms with E-state index in [4.69, 9.17) is 0 Å². The van der Waals surface area contributed by atoms with Crippen LogP contribution in [0.4, 0.5) is 11.4 Å². The van der Waals surface area contributed by atoms with E-state index < -0.39 is 39.1 Å². The highest BCUT2D eigenvalue weighted by molar-refractivity contribution is 6.00. The van der Waals surface area contributed by atoms with Crippen molar-refractivity contribution in [3.05, 3.63) is 80.0 Å². The molecule has 12 heteroatoms. The highest BCUT2D eigenvalue weighted by Gasteiger charge is 2.22. The van der Waals surface area contributed by atoms with Gasteiger partial charge in [0.05, 0.1) is 27.7 Å². The van der Waals surface area contributed by atoms with E-state index in [0.29, 0.717) is 0 Å². The summed E-state index contributed by atoms with van der Waals surface area (Å²) < 4.78 is 2.08. The number of fused-ring (bicyclic) bond motifs is 1. The van der Waals surface area contributed by atoms with Crippen molar-refractivity contribution in [3.63, 3.8) is 0 Å². The van der Waals surface area contributed by atoms with Crippen molar-refractivity contribution >= 4 is 40.3 Å². The predicted molar refractivity (Wildman–Crippen MR) is 125 cm³/mol. The minimum Gasteiger partial charge on any atom is -0.344 e. The summed E-state index contributed by atoms with van der Waals surface area (Å²) in [6.45, 7) is 5.49. The van der Waals surface area contributed by atoms with E-state index in [1.54, 1.807) is 0 Å². The van der Waals surface area contributed by atoms with Crippen molar-refractivity contribution in [2.75, 3.05) is 0 Å². The van der Waals surface area contributed by atoms with Crippen molar-refractivity contribution in [1.82, 2.24) is 15.3 Å². The molecule has 3 aromatic rings. The van der Waals surface area contributed by atoms with Crippen molar-refractivity contribution in [2.24, 2.45) is 5.10 Å². The summed E-state index contributed by atoms with van der Waals surface area (Å²) in [5.41, 5.74) is 2.63. The van der Waals surface area contributed by atoms with E-state index in [2.05, 4.69) is 34.3 Å². The second kappa shape index (κ2) is 9.90. The van der Waals surface area contributed by atoms with Crippen LogP contribution in [0.2, 0.25) is 0 Å². The zero-order chi connectivity index (χ0) is 25.0. The Kier molecular flexibility index (Phi) is 7.00. The van der Waals surface area contributed by atoms with Crippen LogP contribution in [0.15, 0.2) is 53.8 Å². The molecule has 0 radical (unpaired) electrons. The normalized spacial score (nSPS) is 12.1. The van der Waals surface area contributed by atoms with Crippen LogP contribution in [0.1, 0.15) is 42.7 Å². The number of aromatic nitrogens is 1. The molecule has 34 heavy (non-hydrogen) atoms. The molecule has 176 valence electrons. The van der Waals surface area contributed by atoms with Gasteiger partial charge in [0.2, 0.25) is 0 Å². The number of rotatable bonds is 8. The van der Waals surface area contributed by atoms with Gasteiger partial charge < -0.3 is 9.88 Å². The van der Waals surface area contributed by atoms with Gasteiger partial charge in [-0.1, -0.05) is 18.2 Å². The third kappa shape index (κ3) is 5.23. The number of carbonyl (C=O) groups excluding carboxylic acids is 2. The van der Waals surface area contributed by atoms with E-state index >= 15 is 0 Å². The molecule has 2 N–H and O–H groups in total. The topological polar surface area (TPSA) is 162 Å². The second-order valence-electron chi connectivity index (χ2n) is 7.78. The molecule has 0 aliphatic rings. The maximum atomic E-state index is 12.4. The van der Waals surface area contributed by atoms with Crippen LogP contribution in [0, 0.1) is 20.2 Å². The van der Waals surface area contributed by atoms with Crippen LogP contribution in [0.3, 0.4) is 0 Å². The molecule has 0 saturated carbocycles. The number of nitro groups is 2. The number of non-ortho nitro benzene ring substituents is 2. The standard InChI is InChI=1S/C22H22N6O6/c1-13(2)26-12-16(19-6-4-5-7-20(19)26)11-23-25-21(29)14(3)24-22(30)15-8-17(27(31)32)10-18(9-15)28(33)34/h4-14H,1-3H3,(H,24,30)(H,25,29)/b23-11-/t14-/m0/s1. The maximum Gasteiger partial charge on any atom is 0.277 e. The average Bonchev–Trinajstić information content (AvgIpc) is 3.17. The summed E-state index contributed by atoms with van der Waals surface area (Å²) in [4.78, 5) is 45.1. The maximum absolute atomic E-state index is 12.4. The van der Waals surface area contributed by atoms with E-state index in [9.17, 15) is 29.8 Å². The van der Waals surface area contributed by atoms with Gasteiger partial charge in [0.25, 0.3) is 23.2 Å². The van der Waals surface area contributed by atoms with Gasteiger partial charge in [0.1, 0.15) is 6.04 Å². The monoisotopic (exact) mass is 466 g/mol. The molecule has 0 bridgehead atoms. The number of nitrogens with one attached hydrogen (secondary N) is 2. The molecule has 0 aliphatic carbocycles. The molecule has 0 saturated heterocycles. The second-order valence-corrected chi connectivity index (χ2v) is 7.78. The third-order valence-corrected chi connectivity index (χ3v) is 5.03. The minimum absolute atomic E-state index is 0.224. The first-order chi connectivity index (χ1) is 16.1. The minimum atomic E-state index is -1.07. The number of amides is 2. The molecule has 0 fully saturated rings. The Bertz CT molecular complexity index is 1280. The van der Waals surface area contributed by atoms with Crippen LogP contribution in [-0.2, 0) is 4.79 Å².